The number of fused-ring (bicyclic) bond motifs is 1. The second-order valence-corrected chi connectivity index (χ2v) is 10.2. The molecule has 1 fully saturated rings. The molecule has 3 atom stereocenters. The highest BCUT2D eigenvalue weighted by molar-refractivity contribution is 5.97. The number of amides is 1. The van der Waals surface area contributed by atoms with E-state index in [1.807, 2.05) is 6.92 Å². The Labute approximate surface area is 218 Å². The molecule has 2 aliphatic heterocycles. The van der Waals surface area contributed by atoms with Gasteiger partial charge in [-0.25, -0.2) is 9.37 Å². The van der Waals surface area contributed by atoms with Crippen molar-refractivity contribution in [2.45, 2.75) is 38.8 Å². The number of hydrogen-bond acceptors (Lipinski definition) is 6. The SMILES string of the molecule is C[C@@H]1CN([C@H](C)CO)C(=O)c2cc(C#Cc3cccc(F)c3)cnc2O[C@@H]1CN(C)CC1CCOCC1. The molecule has 0 unspecified atom stereocenters. The lowest BCUT2D eigenvalue weighted by atomic mass is 9.97. The van der Waals surface area contributed by atoms with Gasteiger partial charge in [-0.3, -0.25) is 4.79 Å². The van der Waals surface area contributed by atoms with Gasteiger partial charge in [-0.1, -0.05) is 24.8 Å². The molecule has 37 heavy (non-hydrogen) atoms. The fraction of sp³-hybridized carbons (Fsp3) is 0.517. The molecule has 4 rings (SSSR count). The van der Waals surface area contributed by atoms with E-state index >= 15 is 0 Å². The minimum atomic E-state index is -0.359. The van der Waals surface area contributed by atoms with E-state index in [4.69, 9.17) is 9.47 Å². The molecule has 1 aromatic heterocycles. The molecule has 0 aliphatic carbocycles. The molecule has 0 radical (unpaired) electrons. The molecular weight excluding hydrogens is 473 g/mol. The molecule has 198 valence electrons. The van der Waals surface area contributed by atoms with Crippen LogP contribution in [0.1, 0.15) is 48.2 Å². The lowest BCUT2D eigenvalue weighted by molar-refractivity contribution is 0.0254. The van der Waals surface area contributed by atoms with Crippen molar-refractivity contribution in [1.29, 1.82) is 0 Å². The number of aliphatic hydroxyl groups is 1. The van der Waals surface area contributed by atoms with Crippen LogP contribution in [0.25, 0.3) is 0 Å². The molecule has 0 bridgehead atoms. The number of aliphatic hydroxyl groups excluding tert-OH is 1. The number of carbonyl (C=O) groups is 1. The van der Waals surface area contributed by atoms with Gasteiger partial charge in [-0.15, -0.1) is 0 Å². The first-order chi connectivity index (χ1) is 17.8. The standard InChI is InChI=1S/C29H36FN3O4/c1-20-16-33(21(2)19-34)29(35)26-14-24(8-7-22-5-4-6-25(30)13-22)15-31-28(26)37-27(20)18-32(3)17-23-9-11-36-12-10-23/h4-6,13-15,20-21,23,27,34H,9-12,16-19H2,1-3H3/t20-,21-,27-/m1/s1. The first-order valence-electron chi connectivity index (χ1n) is 13.0. The zero-order valence-electron chi connectivity index (χ0n) is 21.8. The third kappa shape index (κ3) is 7.07. The summed E-state index contributed by atoms with van der Waals surface area (Å²) in [7, 11) is 2.10. The van der Waals surface area contributed by atoms with Gasteiger partial charge in [0.05, 0.1) is 12.6 Å². The number of pyridine rings is 1. The number of halogens is 1. The van der Waals surface area contributed by atoms with E-state index < -0.39 is 0 Å². The van der Waals surface area contributed by atoms with Gasteiger partial charge in [0.1, 0.15) is 17.5 Å². The Morgan fingerprint density at radius 1 is 1.22 bits per heavy atom. The Hall–Kier alpha value is -2.99. The number of aromatic nitrogens is 1. The van der Waals surface area contributed by atoms with Crippen LogP contribution in [0.4, 0.5) is 4.39 Å². The average Bonchev–Trinajstić information content (AvgIpc) is 2.89. The van der Waals surface area contributed by atoms with E-state index in [9.17, 15) is 14.3 Å². The topological polar surface area (TPSA) is 75.1 Å². The second-order valence-electron chi connectivity index (χ2n) is 10.2. The van der Waals surface area contributed by atoms with Gasteiger partial charge in [-0.05, 0) is 57.0 Å². The summed E-state index contributed by atoms with van der Waals surface area (Å²) in [6.07, 6.45) is 3.51. The first-order valence-corrected chi connectivity index (χ1v) is 13.0. The Morgan fingerprint density at radius 3 is 2.70 bits per heavy atom. The lowest BCUT2D eigenvalue weighted by Crippen LogP contribution is -2.50. The van der Waals surface area contributed by atoms with Gasteiger partial charge in [0.15, 0.2) is 0 Å². The highest BCUT2D eigenvalue weighted by atomic mass is 19.1. The number of nitrogens with zero attached hydrogens (tertiary/aromatic N) is 3. The van der Waals surface area contributed by atoms with Gasteiger partial charge < -0.3 is 24.4 Å². The number of likely N-dealkylation sites (N-methyl/N-ethyl adjacent to an activating group) is 1. The molecule has 0 spiro atoms. The second kappa shape index (κ2) is 12.5. The zero-order chi connectivity index (χ0) is 26.4. The van der Waals surface area contributed by atoms with Crippen molar-refractivity contribution < 1.29 is 23.8 Å². The van der Waals surface area contributed by atoms with Crippen LogP contribution in [0.15, 0.2) is 36.5 Å². The fourth-order valence-electron chi connectivity index (χ4n) is 4.85. The number of benzene rings is 1. The third-order valence-corrected chi connectivity index (χ3v) is 7.10. The van der Waals surface area contributed by atoms with Crippen molar-refractivity contribution in [2.75, 3.05) is 46.5 Å². The molecule has 0 saturated carbocycles. The summed E-state index contributed by atoms with van der Waals surface area (Å²) in [6, 6.07) is 7.36. The monoisotopic (exact) mass is 509 g/mol. The maximum atomic E-state index is 13.6. The molecule has 2 aliphatic rings. The molecule has 1 N–H and O–H groups in total. The smallest absolute Gasteiger partial charge is 0.259 e. The summed E-state index contributed by atoms with van der Waals surface area (Å²) in [4.78, 5) is 22.0. The van der Waals surface area contributed by atoms with Crippen LogP contribution < -0.4 is 4.74 Å². The van der Waals surface area contributed by atoms with E-state index in [1.54, 1.807) is 29.3 Å². The third-order valence-electron chi connectivity index (χ3n) is 7.10. The van der Waals surface area contributed by atoms with Gasteiger partial charge in [0.25, 0.3) is 5.91 Å². The predicted octanol–water partition coefficient (Wildman–Crippen LogP) is 3.20. The van der Waals surface area contributed by atoms with Crippen molar-refractivity contribution in [1.82, 2.24) is 14.8 Å². The molecular formula is C29H36FN3O4. The summed E-state index contributed by atoms with van der Waals surface area (Å²) >= 11 is 0. The summed E-state index contributed by atoms with van der Waals surface area (Å²) in [5.41, 5.74) is 1.37. The minimum Gasteiger partial charge on any atom is -0.472 e. The molecule has 1 aromatic carbocycles. The Morgan fingerprint density at radius 2 is 1.97 bits per heavy atom. The van der Waals surface area contributed by atoms with Crippen LogP contribution in [0.3, 0.4) is 0 Å². The molecule has 8 heteroatoms. The van der Waals surface area contributed by atoms with Gasteiger partial charge in [0, 0.05) is 56.1 Å². The minimum absolute atomic E-state index is 0.0254. The Bertz CT molecular complexity index is 1140. The zero-order valence-corrected chi connectivity index (χ0v) is 21.8. The maximum Gasteiger partial charge on any atom is 0.259 e. The van der Waals surface area contributed by atoms with Crippen LogP contribution >= 0.6 is 0 Å². The number of ether oxygens (including phenoxy) is 2. The van der Waals surface area contributed by atoms with E-state index in [-0.39, 0.29) is 42.3 Å². The van der Waals surface area contributed by atoms with Crippen LogP contribution in [0, 0.1) is 29.5 Å². The predicted molar refractivity (Wildman–Crippen MR) is 139 cm³/mol. The lowest BCUT2D eigenvalue weighted by Gasteiger charge is -2.38. The number of hydrogen-bond donors (Lipinski definition) is 1. The largest absolute Gasteiger partial charge is 0.472 e. The normalized spacial score (nSPS) is 21.4. The van der Waals surface area contributed by atoms with Crippen molar-refractivity contribution in [3.63, 3.8) is 0 Å². The summed E-state index contributed by atoms with van der Waals surface area (Å²) < 4.78 is 25.4. The summed E-state index contributed by atoms with van der Waals surface area (Å²) in [5, 5.41) is 9.87. The van der Waals surface area contributed by atoms with E-state index in [2.05, 4.69) is 35.7 Å². The fourth-order valence-corrected chi connectivity index (χ4v) is 4.85. The number of rotatable bonds is 6. The first kappa shape index (κ1) is 27.1. The Kier molecular flexibility index (Phi) is 9.14. The highest BCUT2D eigenvalue weighted by Gasteiger charge is 2.34. The quantitative estimate of drug-likeness (QED) is 0.603. The van der Waals surface area contributed by atoms with Crippen molar-refractivity contribution in [3.8, 4) is 17.7 Å². The van der Waals surface area contributed by atoms with Gasteiger partial charge >= 0.3 is 0 Å². The van der Waals surface area contributed by atoms with Gasteiger partial charge in [-0.2, -0.15) is 0 Å². The van der Waals surface area contributed by atoms with Crippen LogP contribution in [0.5, 0.6) is 5.88 Å². The van der Waals surface area contributed by atoms with Crippen molar-refractivity contribution in [3.05, 3.63) is 59.0 Å². The molecule has 1 saturated heterocycles. The summed E-state index contributed by atoms with van der Waals surface area (Å²) in [5.74, 6) is 6.19. The molecule has 1 amide bonds. The maximum absolute atomic E-state index is 13.6. The van der Waals surface area contributed by atoms with Crippen LogP contribution in [0.2, 0.25) is 0 Å². The van der Waals surface area contributed by atoms with Gasteiger partial charge in [0.2, 0.25) is 5.88 Å². The highest BCUT2D eigenvalue weighted by Crippen LogP contribution is 2.27. The van der Waals surface area contributed by atoms with Crippen LogP contribution in [-0.4, -0.2) is 84.4 Å². The summed E-state index contributed by atoms with van der Waals surface area (Å²) in [6.45, 7) is 7.49. The Balaban J connectivity index is 1.60. The van der Waals surface area contributed by atoms with Crippen molar-refractivity contribution >= 4 is 5.91 Å². The van der Waals surface area contributed by atoms with E-state index in [1.165, 1.54) is 12.1 Å². The van der Waals surface area contributed by atoms with Crippen LogP contribution in [-0.2, 0) is 4.74 Å². The van der Waals surface area contributed by atoms with E-state index in [0.29, 0.717) is 35.7 Å². The van der Waals surface area contributed by atoms with Crippen molar-refractivity contribution in [2.24, 2.45) is 11.8 Å². The molecule has 7 nitrogen and oxygen atoms in total. The molecule has 2 aromatic rings. The van der Waals surface area contributed by atoms with E-state index in [0.717, 1.165) is 32.6 Å². The molecule has 3 heterocycles. The average molecular weight is 510 g/mol. The number of carbonyl (C=O) groups excluding carboxylic acids is 1.